The molecule has 28 heavy (non-hydrogen) atoms. The molecule has 0 saturated heterocycles. The number of para-hydroxylation sites is 1. The first kappa shape index (κ1) is 20.1. The molecule has 8 heteroatoms. The summed E-state index contributed by atoms with van der Waals surface area (Å²) < 4.78 is 39.2. The van der Waals surface area contributed by atoms with E-state index in [0.717, 1.165) is 17.3 Å². The zero-order valence-corrected chi connectivity index (χ0v) is 15.8. The van der Waals surface area contributed by atoms with E-state index in [-0.39, 0.29) is 28.1 Å². The first-order valence-corrected chi connectivity index (χ1v) is 9.61. The normalized spacial score (nSPS) is 12.7. The number of rotatable bonds is 6. The summed E-state index contributed by atoms with van der Waals surface area (Å²) in [4.78, 5) is 19.4. The number of fused-ring (bicyclic) bond motifs is 1. The van der Waals surface area contributed by atoms with Crippen LogP contribution < -0.4 is 5.32 Å². The van der Waals surface area contributed by atoms with Crippen molar-refractivity contribution in [2.45, 2.75) is 24.0 Å². The van der Waals surface area contributed by atoms with Gasteiger partial charge in [-0.2, -0.15) is 13.2 Å². The molecule has 4 nitrogen and oxygen atoms in total. The lowest BCUT2D eigenvalue weighted by Crippen LogP contribution is -2.29. The third-order valence-electron chi connectivity index (χ3n) is 4.14. The van der Waals surface area contributed by atoms with Crippen LogP contribution >= 0.6 is 11.8 Å². The molecular weight excluding hydrogens is 387 g/mol. The molecule has 1 atom stereocenters. The molecule has 0 aliphatic carbocycles. The molecule has 1 N–H and O–H groups in total. The molecule has 3 aromatic rings. The summed E-state index contributed by atoms with van der Waals surface area (Å²) in [5.74, 6) is -1.36. The van der Waals surface area contributed by atoms with E-state index in [1.54, 1.807) is 18.2 Å². The average molecular weight is 405 g/mol. The maximum Gasteiger partial charge on any atom is 0.451 e. The van der Waals surface area contributed by atoms with Gasteiger partial charge in [-0.3, -0.25) is 4.79 Å². The van der Waals surface area contributed by atoms with E-state index in [1.165, 1.54) is 6.07 Å². The maximum atomic E-state index is 13.1. The van der Waals surface area contributed by atoms with Crippen molar-refractivity contribution < 1.29 is 18.0 Å². The van der Waals surface area contributed by atoms with Crippen LogP contribution in [-0.2, 0) is 11.0 Å². The summed E-state index contributed by atoms with van der Waals surface area (Å²) in [6.45, 7) is 2.44. The van der Waals surface area contributed by atoms with Crippen molar-refractivity contribution in [1.82, 2.24) is 15.3 Å². The van der Waals surface area contributed by atoms with Crippen molar-refractivity contribution in [3.8, 4) is 0 Å². The fourth-order valence-corrected chi connectivity index (χ4v) is 3.48. The molecule has 1 amide bonds. The lowest BCUT2D eigenvalue weighted by Gasteiger charge is -2.13. The van der Waals surface area contributed by atoms with Crippen LogP contribution in [0.15, 0.2) is 59.6 Å². The Balaban J connectivity index is 1.66. The molecule has 0 aliphatic heterocycles. The van der Waals surface area contributed by atoms with Gasteiger partial charge in [-0.25, -0.2) is 9.97 Å². The number of halogens is 3. The predicted octanol–water partition coefficient (Wildman–Crippen LogP) is 4.66. The van der Waals surface area contributed by atoms with Crippen LogP contribution in [0.4, 0.5) is 13.2 Å². The van der Waals surface area contributed by atoms with Crippen molar-refractivity contribution in [2.75, 3.05) is 12.3 Å². The fourth-order valence-electron chi connectivity index (χ4n) is 2.64. The number of hydrogen-bond donors (Lipinski definition) is 1. The van der Waals surface area contributed by atoms with Gasteiger partial charge in [0.2, 0.25) is 11.7 Å². The van der Waals surface area contributed by atoms with Crippen molar-refractivity contribution >= 4 is 28.6 Å². The number of hydrogen-bond acceptors (Lipinski definition) is 4. The Morgan fingerprint density at radius 2 is 1.75 bits per heavy atom. The quantitative estimate of drug-likeness (QED) is 0.479. The SMILES string of the molecule is C[C@@H](CNC(=O)CSc1nc(C(F)(F)F)nc2ccccc12)c1ccccc1. The highest BCUT2D eigenvalue weighted by Gasteiger charge is 2.35. The highest BCUT2D eigenvalue weighted by molar-refractivity contribution is 8.00. The third kappa shape index (κ3) is 5.01. The monoisotopic (exact) mass is 405 g/mol. The van der Waals surface area contributed by atoms with Crippen LogP contribution in [0.25, 0.3) is 10.9 Å². The summed E-state index contributed by atoms with van der Waals surface area (Å²) in [5.41, 5.74) is 1.30. The summed E-state index contributed by atoms with van der Waals surface area (Å²) in [6.07, 6.45) is -4.65. The number of benzene rings is 2. The summed E-state index contributed by atoms with van der Waals surface area (Å²) >= 11 is 0.973. The fraction of sp³-hybridized carbons (Fsp3) is 0.250. The Bertz CT molecular complexity index is 964. The van der Waals surface area contributed by atoms with Gasteiger partial charge in [-0.05, 0) is 17.5 Å². The number of carbonyl (C=O) groups excluding carboxylic acids is 1. The number of carbonyl (C=O) groups is 1. The van der Waals surface area contributed by atoms with Gasteiger partial charge in [0.1, 0.15) is 5.03 Å². The van der Waals surface area contributed by atoms with Crippen molar-refractivity contribution in [3.63, 3.8) is 0 Å². The van der Waals surface area contributed by atoms with Crippen molar-refractivity contribution in [3.05, 3.63) is 66.0 Å². The highest BCUT2D eigenvalue weighted by Crippen LogP contribution is 2.31. The van der Waals surface area contributed by atoms with E-state index in [1.807, 2.05) is 37.3 Å². The third-order valence-corrected chi connectivity index (χ3v) is 5.13. The molecule has 1 heterocycles. The Hall–Kier alpha value is -2.61. The van der Waals surface area contributed by atoms with Gasteiger partial charge in [0, 0.05) is 11.9 Å². The Kier molecular flexibility index (Phi) is 6.18. The van der Waals surface area contributed by atoms with E-state index in [9.17, 15) is 18.0 Å². The summed E-state index contributed by atoms with van der Waals surface area (Å²) in [7, 11) is 0. The van der Waals surface area contributed by atoms with E-state index in [4.69, 9.17) is 0 Å². The second kappa shape index (κ2) is 8.60. The molecule has 0 aliphatic rings. The topological polar surface area (TPSA) is 54.9 Å². The number of alkyl halides is 3. The average Bonchev–Trinajstić information content (AvgIpc) is 2.70. The second-order valence-corrected chi connectivity index (χ2v) is 7.24. The first-order valence-electron chi connectivity index (χ1n) is 8.63. The molecule has 0 radical (unpaired) electrons. The molecule has 0 unspecified atom stereocenters. The molecule has 0 saturated carbocycles. The zero-order chi connectivity index (χ0) is 20.1. The van der Waals surface area contributed by atoms with Crippen LogP contribution in [-0.4, -0.2) is 28.2 Å². The Morgan fingerprint density at radius 1 is 1.07 bits per heavy atom. The molecule has 0 spiro atoms. The largest absolute Gasteiger partial charge is 0.451 e. The Labute approximate surface area is 164 Å². The minimum Gasteiger partial charge on any atom is -0.355 e. The summed E-state index contributed by atoms with van der Waals surface area (Å²) in [6, 6.07) is 16.2. The van der Waals surface area contributed by atoms with E-state index in [0.29, 0.717) is 11.9 Å². The number of nitrogens with one attached hydrogen (secondary N) is 1. The van der Waals surface area contributed by atoms with Gasteiger partial charge in [0.15, 0.2) is 0 Å². The van der Waals surface area contributed by atoms with Crippen LogP contribution in [0.1, 0.15) is 24.2 Å². The summed E-state index contributed by atoms with van der Waals surface area (Å²) in [5, 5.41) is 3.45. The van der Waals surface area contributed by atoms with Gasteiger partial charge in [0.25, 0.3) is 0 Å². The molecular formula is C20H18F3N3OS. The van der Waals surface area contributed by atoms with Crippen molar-refractivity contribution in [1.29, 1.82) is 0 Å². The first-order chi connectivity index (χ1) is 13.3. The van der Waals surface area contributed by atoms with E-state index >= 15 is 0 Å². The minimum absolute atomic E-state index is 0.0280. The minimum atomic E-state index is -4.65. The molecule has 1 aromatic heterocycles. The number of nitrogens with zero attached hydrogens (tertiary/aromatic N) is 2. The van der Waals surface area contributed by atoms with Gasteiger partial charge in [0.05, 0.1) is 11.3 Å². The predicted molar refractivity (Wildman–Crippen MR) is 103 cm³/mol. The molecule has 146 valence electrons. The molecule has 3 rings (SSSR count). The van der Waals surface area contributed by atoms with Crippen LogP contribution in [0.3, 0.4) is 0 Å². The highest BCUT2D eigenvalue weighted by atomic mass is 32.2. The molecule has 0 bridgehead atoms. The standard InChI is InChI=1S/C20H18F3N3OS/c1-13(14-7-3-2-4-8-14)11-24-17(27)12-28-18-15-9-5-6-10-16(15)25-19(26-18)20(21,22)23/h2-10,13H,11-12H2,1H3,(H,24,27)/t13-/m0/s1. The smallest absolute Gasteiger partial charge is 0.355 e. The van der Waals surface area contributed by atoms with Gasteiger partial charge in [-0.15, -0.1) is 0 Å². The second-order valence-electron chi connectivity index (χ2n) is 6.27. The van der Waals surface area contributed by atoms with E-state index in [2.05, 4.69) is 15.3 Å². The van der Waals surface area contributed by atoms with Crippen molar-refractivity contribution in [2.24, 2.45) is 0 Å². The number of aromatic nitrogens is 2. The van der Waals surface area contributed by atoms with Crippen LogP contribution in [0.5, 0.6) is 0 Å². The van der Waals surface area contributed by atoms with Crippen LogP contribution in [0.2, 0.25) is 0 Å². The number of thioether (sulfide) groups is 1. The lowest BCUT2D eigenvalue weighted by atomic mass is 10.0. The van der Waals surface area contributed by atoms with E-state index < -0.39 is 12.0 Å². The van der Waals surface area contributed by atoms with Gasteiger partial charge < -0.3 is 5.32 Å². The zero-order valence-electron chi connectivity index (χ0n) is 15.0. The number of amides is 1. The van der Waals surface area contributed by atoms with Gasteiger partial charge in [-0.1, -0.05) is 67.2 Å². The maximum absolute atomic E-state index is 13.1. The molecule has 2 aromatic carbocycles. The molecule has 0 fully saturated rings. The van der Waals surface area contributed by atoms with Gasteiger partial charge >= 0.3 is 6.18 Å². The lowest BCUT2D eigenvalue weighted by molar-refractivity contribution is -0.145. The van der Waals surface area contributed by atoms with Crippen LogP contribution in [0, 0.1) is 0 Å². The Morgan fingerprint density at radius 3 is 2.46 bits per heavy atom.